The van der Waals surface area contributed by atoms with E-state index in [0.29, 0.717) is 12.5 Å². The molecular formula is C12H15ClO2. The summed E-state index contributed by atoms with van der Waals surface area (Å²) in [5.74, 6) is -0.0225. The number of halogens is 1. The summed E-state index contributed by atoms with van der Waals surface area (Å²) in [5.41, 5.74) is 1.22. The molecule has 0 N–H and O–H groups in total. The molecule has 0 aliphatic carbocycles. The van der Waals surface area contributed by atoms with Crippen molar-refractivity contribution >= 4 is 11.6 Å². The van der Waals surface area contributed by atoms with Gasteiger partial charge >= 0.3 is 0 Å². The molecule has 2 nitrogen and oxygen atoms in total. The molecule has 1 aliphatic heterocycles. The van der Waals surface area contributed by atoms with E-state index in [1.54, 1.807) is 0 Å². The zero-order valence-electron chi connectivity index (χ0n) is 8.78. The van der Waals surface area contributed by atoms with E-state index in [1.807, 2.05) is 25.1 Å². The van der Waals surface area contributed by atoms with E-state index in [2.05, 4.69) is 12.1 Å². The fraction of sp³-hybridized carbons (Fsp3) is 0.500. The number of hydrogen-bond acceptors (Lipinski definition) is 2. The van der Waals surface area contributed by atoms with Crippen molar-refractivity contribution in [1.82, 2.24) is 0 Å². The maximum absolute atomic E-state index is 5.75. The van der Waals surface area contributed by atoms with Gasteiger partial charge in [-0.25, -0.2) is 0 Å². The molecule has 1 aromatic rings. The van der Waals surface area contributed by atoms with Crippen LogP contribution in [0.2, 0.25) is 0 Å². The minimum atomic E-state index is -0.513. The van der Waals surface area contributed by atoms with E-state index >= 15 is 0 Å². The fourth-order valence-electron chi connectivity index (χ4n) is 1.83. The maximum Gasteiger partial charge on any atom is 0.170 e. The largest absolute Gasteiger partial charge is 0.347 e. The Morgan fingerprint density at radius 1 is 1.40 bits per heavy atom. The SMILES string of the molecule is C[C@]1(Cc2ccccc2)OC[C@H](CCl)O1. The number of ether oxygens (including phenoxy) is 2. The van der Waals surface area contributed by atoms with Crippen molar-refractivity contribution in [3.8, 4) is 0 Å². The third-order valence-electron chi connectivity index (χ3n) is 2.53. The molecule has 1 fully saturated rings. The first-order chi connectivity index (χ1) is 7.22. The van der Waals surface area contributed by atoms with Gasteiger partial charge in [0.2, 0.25) is 0 Å². The fourth-order valence-corrected chi connectivity index (χ4v) is 1.98. The van der Waals surface area contributed by atoms with Gasteiger partial charge in [0.15, 0.2) is 5.79 Å². The molecular weight excluding hydrogens is 212 g/mol. The Bertz CT molecular complexity index is 315. The Balaban J connectivity index is 2.00. The van der Waals surface area contributed by atoms with Crippen LogP contribution < -0.4 is 0 Å². The Morgan fingerprint density at radius 2 is 2.13 bits per heavy atom. The van der Waals surface area contributed by atoms with Crippen LogP contribution in [-0.2, 0) is 15.9 Å². The van der Waals surface area contributed by atoms with Crippen molar-refractivity contribution in [1.29, 1.82) is 0 Å². The second kappa shape index (κ2) is 4.52. The summed E-state index contributed by atoms with van der Waals surface area (Å²) in [6.07, 6.45) is 0.793. The predicted molar refractivity (Wildman–Crippen MR) is 60.1 cm³/mol. The first kappa shape index (κ1) is 10.9. The Labute approximate surface area is 95.1 Å². The summed E-state index contributed by atoms with van der Waals surface area (Å²) in [5, 5.41) is 0. The monoisotopic (exact) mass is 226 g/mol. The summed E-state index contributed by atoms with van der Waals surface area (Å²) in [4.78, 5) is 0. The number of alkyl halides is 1. The lowest BCUT2D eigenvalue weighted by Crippen LogP contribution is -2.29. The van der Waals surface area contributed by atoms with E-state index in [4.69, 9.17) is 21.1 Å². The molecule has 82 valence electrons. The number of benzene rings is 1. The highest BCUT2D eigenvalue weighted by Gasteiger charge is 2.36. The van der Waals surface area contributed by atoms with Crippen LogP contribution in [0, 0.1) is 0 Å². The highest BCUT2D eigenvalue weighted by molar-refractivity contribution is 6.18. The molecule has 1 aliphatic rings. The van der Waals surface area contributed by atoms with Crippen LogP contribution in [0.5, 0.6) is 0 Å². The average molecular weight is 227 g/mol. The summed E-state index contributed by atoms with van der Waals surface area (Å²) < 4.78 is 11.4. The van der Waals surface area contributed by atoms with Crippen LogP contribution in [0.25, 0.3) is 0 Å². The molecule has 1 saturated heterocycles. The normalized spacial score (nSPS) is 30.7. The molecule has 0 radical (unpaired) electrons. The van der Waals surface area contributed by atoms with Gasteiger partial charge < -0.3 is 9.47 Å². The smallest absolute Gasteiger partial charge is 0.170 e. The van der Waals surface area contributed by atoms with Gasteiger partial charge in [-0.3, -0.25) is 0 Å². The van der Waals surface area contributed by atoms with Gasteiger partial charge in [-0.2, -0.15) is 0 Å². The maximum atomic E-state index is 5.75. The second-order valence-electron chi connectivity index (χ2n) is 4.00. The molecule has 1 heterocycles. The van der Waals surface area contributed by atoms with Crippen molar-refractivity contribution in [2.45, 2.75) is 25.2 Å². The number of rotatable bonds is 3. The lowest BCUT2D eigenvalue weighted by atomic mass is 10.1. The van der Waals surface area contributed by atoms with Gasteiger partial charge in [0.05, 0.1) is 18.6 Å². The standard InChI is InChI=1S/C12H15ClO2/c1-12(14-9-11(8-13)15-12)7-10-5-3-2-4-6-10/h2-6,11H,7-9H2,1H3/t11-,12-/m0/s1. The van der Waals surface area contributed by atoms with Crippen molar-refractivity contribution in [3.05, 3.63) is 35.9 Å². The molecule has 3 heteroatoms. The predicted octanol–water partition coefficient (Wildman–Crippen LogP) is 2.60. The molecule has 15 heavy (non-hydrogen) atoms. The van der Waals surface area contributed by atoms with Crippen LogP contribution in [0.1, 0.15) is 12.5 Å². The quantitative estimate of drug-likeness (QED) is 0.738. The van der Waals surface area contributed by atoms with Gasteiger partial charge in [-0.05, 0) is 12.5 Å². The molecule has 2 atom stereocenters. The molecule has 2 rings (SSSR count). The van der Waals surface area contributed by atoms with E-state index in [0.717, 1.165) is 6.42 Å². The van der Waals surface area contributed by atoms with Crippen molar-refractivity contribution in [3.63, 3.8) is 0 Å². The lowest BCUT2D eigenvalue weighted by Gasteiger charge is -2.23. The van der Waals surface area contributed by atoms with E-state index in [-0.39, 0.29) is 6.10 Å². The van der Waals surface area contributed by atoms with Crippen LogP contribution >= 0.6 is 11.6 Å². The molecule has 0 unspecified atom stereocenters. The summed E-state index contributed by atoms with van der Waals surface area (Å²) in [7, 11) is 0. The summed E-state index contributed by atoms with van der Waals surface area (Å²) in [6.45, 7) is 2.55. The van der Waals surface area contributed by atoms with Gasteiger partial charge in [0, 0.05) is 6.42 Å². The van der Waals surface area contributed by atoms with Crippen LogP contribution in [-0.4, -0.2) is 24.4 Å². The van der Waals surface area contributed by atoms with Gasteiger partial charge in [0.1, 0.15) is 0 Å². The zero-order chi connectivity index (χ0) is 10.7. The molecule has 1 aromatic carbocycles. The summed E-state index contributed by atoms with van der Waals surface area (Å²) >= 11 is 5.73. The highest BCUT2D eigenvalue weighted by atomic mass is 35.5. The number of hydrogen-bond donors (Lipinski definition) is 0. The first-order valence-corrected chi connectivity index (χ1v) is 5.67. The Kier molecular flexibility index (Phi) is 3.29. The van der Waals surface area contributed by atoms with E-state index in [9.17, 15) is 0 Å². The molecule has 0 aromatic heterocycles. The lowest BCUT2D eigenvalue weighted by molar-refractivity contribution is -0.149. The highest BCUT2D eigenvalue weighted by Crippen LogP contribution is 2.27. The minimum Gasteiger partial charge on any atom is -0.347 e. The van der Waals surface area contributed by atoms with Crippen molar-refractivity contribution < 1.29 is 9.47 Å². The molecule has 0 amide bonds. The topological polar surface area (TPSA) is 18.5 Å². The van der Waals surface area contributed by atoms with Gasteiger partial charge in [-0.1, -0.05) is 30.3 Å². The summed E-state index contributed by atoms with van der Waals surface area (Å²) in [6, 6.07) is 10.2. The van der Waals surface area contributed by atoms with Crippen LogP contribution in [0.15, 0.2) is 30.3 Å². The zero-order valence-corrected chi connectivity index (χ0v) is 9.54. The van der Waals surface area contributed by atoms with Gasteiger partial charge in [0.25, 0.3) is 0 Å². The van der Waals surface area contributed by atoms with Crippen LogP contribution in [0.3, 0.4) is 0 Å². The minimum absolute atomic E-state index is 0.0281. The molecule has 0 spiro atoms. The van der Waals surface area contributed by atoms with E-state index < -0.39 is 5.79 Å². The Hall–Kier alpha value is -0.570. The third kappa shape index (κ3) is 2.71. The Morgan fingerprint density at radius 3 is 2.73 bits per heavy atom. The van der Waals surface area contributed by atoms with E-state index in [1.165, 1.54) is 5.56 Å². The average Bonchev–Trinajstić information content (AvgIpc) is 2.61. The van der Waals surface area contributed by atoms with Crippen molar-refractivity contribution in [2.75, 3.05) is 12.5 Å². The van der Waals surface area contributed by atoms with Gasteiger partial charge in [-0.15, -0.1) is 11.6 Å². The van der Waals surface area contributed by atoms with Crippen LogP contribution in [0.4, 0.5) is 0 Å². The second-order valence-corrected chi connectivity index (χ2v) is 4.31. The molecule has 0 saturated carbocycles. The van der Waals surface area contributed by atoms with Crippen molar-refractivity contribution in [2.24, 2.45) is 0 Å². The first-order valence-electron chi connectivity index (χ1n) is 5.13. The third-order valence-corrected chi connectivity index (χ3v) is 2.87. The molecule has 0 bridgehead atoms.